The molecule has 20 heavy (non-hydrogen) atoms. The predicted octanol–water partition coefficient (Wildman–Crippen LogP) is 3.72. The van der Waals surface area contributed by atoms with Gasteiger partial charge in [-0.3, -0.25) is 4.90 Å². The lowest BCUT2D eigenvalue weighted by Crippen LogP contribution is -2.45. The summed E-state index contributed by atoms with van der Waals surface area (Å²) in [5, 5.41) is 14.1. The van der Waals surface area contributed by atoms with Gasteiger partial charge in [0, 0.05) is 42.3 Å². The Kier molecular flexibility index (Phi) is 5.49. The number of halogens is 2. The molecule has 1 aromatic rings. The second kappa shape index (κ2) is 6.94. The highest BCUT2D eigenvalue weighted by Gasteiger charge is 2.27. The molecule has 1 saturated heterocycles. The third kappa shape index (κ3) is 3.55. The van der Waals surface area contributed by atoms with Gasteiger partial charge in [-0.1, -0.05) is 33.1 Å². The molecule has 1 atom stereocenters. The first-order valence-electron chi connectivity index (χ1n) is 6.76. The molecule has 0 bridgehead atoms. The van der Waals surface area contributed by atoms with Crippen LogP contribution in [0.4, 0.5) is 0 Å². The first-order valence-corrected chi connectivity index (χ1v) is 7.94. The van der Waals surface area contributed by atoms with Crippen LogP contribution in [0.1, 0.15) is 24.9 Å². The lowest BCUT2D eigenvalue weighted by atomic mass is 9.97. The van der Waals surface area contributed by atoms with Gasteiger partial charge in [0.1, 0.15) is 5.75 Å². The summed E-state index contributed by atoms with van der Waals surface area (Å²) in [6, 6.07) is 3.70. The summed E-state index contributed by atoms with van der Waals surface area (Å²) < 4.78 is 0.893. The van der Waals surface area contributed by atoms with E-state index in [1.54, 1.807) is 6.07 Å². The van der Waals surface area contributed by atoms with Gasteiger partial charge in [-0.05, 0) is 25.5 Å². The number of benzene rings is 1. The standard InChI is InChI=1S/C15H20BrClN2O/c1-10(2)9-13(19-7-5-18-6-8-19)14-11(16)3-4-12(17)15(14)20/h3-4,13,18,20H,1,5-9H2,2H3/t13-/m0/s1. The highest BCUT2D eigenvalue weighted by Crippen LogP contribution is 2.41. The van der Waals surface area contributed by atoms with Crippen LogP contribution in [0.5, 0.6) is 5.75 Å². The molecule has 2 rings (SSSR count). The summed E-state index contributed by atoms with van der Waals surface area (Å²) in [4.78, 5) is 2.38. The number of phenolic OH excluding ortho intramolecular Hbond substituents is 1. The van der Waals surface area contributed by atoms with E-state index in [4.69, 9.17) is 11.6 Å². The predicted molar refractivity (Wildman–Crippen MR) is 87.4 cm³/mol. The second-order valence-electron chi connectivity index (χ2n) is 5.25. The van der Waals surface area contributed by atoms with E-state index < -0.39 is 0 Å². The number of piperazine rings is 1. The van der Waals surface area contributed by atoms with E-state index in [0.717, 1.165) is 48.2 Å². The summed E-state index contributed by atoms with van der Waals surface area (Å²) in [6.07, 6.45) is 0.812. The Balaban J connectivity index is 2.40. The minimum atomic E-state index is 0.0997. The molecule has 1 fully saturated rings. The van der Waals surface area contributed by atoms with Crippen LogP contribution in [0, 0.1) is 0 Å². The first kappa shape index (κ1) is 15.8. The smallest absolute Gasteiger partial charge is 0.140 e. The Bertz CT molecular complexity index is 501. The Morgan fingerprint density at radius 2 is 2.15 bits per heavy atom. The van der Waals surface area contributed by atoms with Crippen LogP contribution in [0.2, 0.25) is 5.02 Å². The van der Waals surface area contributed by atoms with Gasteiger partial charge in [0.25, 0.3) is 0 Å². The zero-order chi connectivity index (χ0) is 14.7. The fourth-order valence-corrected chi connectivity index (χ4v) is 3.36. The monoisotopic (exact) mass is 358 g/mol. The molecule has 0 unspecified atom stereocenters. The molecular weight excluding hydrogens is 340 g/mol. The SMILES string of the molecule is C=C(C)C[C@@H](c1c(Br)ccc(Cl)c1O)N1CCNCC1. The Morgan fingerprint density at radius 1 is 1.50 bits per heavy atom. The van der Waals surface area contributed by atoms with Crippen LogP contribution in [-0.4, -0.2) is 36.2 Å². The third-order valence-corrected chi connectivity index (χ3v) is 4.58. The van der Waals surface area contributed by atoms with Crippen LogP contribution in [0.15, 0.2) is 28.8 Å². The molecule has 0 radical (unpaired) electrons. The number of phenols is 1. The molecule has 2 N–H and O–H groups in total. The maximum Gasteiger partial charge on any atom is 0.140 e. The van der Waals surface area contributed by atoms with Crippen LogP contribution >= 0.6 is 27.5 Å². The van der Waals surface area contributed by atoms with E-state index >= 15 is 0 Å². The van der Waals surface area contributed by atoms with Crippen molar-refractivity contribution in [2.24, 2.45) is 0 Å². The molecule has 1 heterocycles. The van der Waals surface area contributed by atoms with Crippen LogP contribution in [0.3, 0.4) is 0 Å². The van der Waals surface area contributed by atoms with Gasteiger partial charge < -0.3 is 10.4 Å². The normalized spacial score (nSPS) is 17.9. The highest BCUT2D eigenvalue weighted by molar-refractivity contribution is 9.10. The van der Waals surface area contributed by atoms with Crippen molar-refractivity contribution < 1.29 is 5.11 Å². The number of rotatable bonds is 4. The summed E-state index contributed by atoms with van der Waals surface area (Å²) in [6.45, 7) is 9.88. The first-order chi connectivity index (χ1) is 9.50. The average molecular weight is 360 g/mol. The Hall–Kier alpha value is -0.550. The van der Waals surface area contributed by atoms with E-state index in [-0.39, 0.29) is 11.8 Å². The van der Waals surface area contributed by atoms with Gasteiger partial charge in [-0.2, -0.15) is 0 Å². The molecule has 0 spiro atoms. The minimum Gasteiger partial charge on any atom is -0.506 e. The molecule has 1 aliphatic rings. The van der Waals surface area contributed by atoms with Gasteiger partial charge in [0.05, 0.1) is 5.02 Å². The van der Waals surface area contributed by atoms with Gasteiger partial charge in [0.15, 0.2) is 0 Å². The van der Waals surface area contributed by atoms with Gasteiger partial charge >= 0.3 is 0 Å². The van der Waals surface area contributed by atoms with Crippen LogP contribution < -0.4 is 5.32 Å². The fraction of sp³-hybridized carbons (Fsp3) is 0.467. The van der Waals surface area contributed by atoms with E-state index in [2.05, 4.69) is 32.7 Å². The number of aromatic hydroxyl groups is 1. The summed E-state index contributed by atoms with van der Waals surface area (Å²) in [5.74, 6) is 0.172. The van der Waals surface area contributed by atoms with Crippen molar-refractivity contribution in [3.63, 3.8) is 0 Å². The maximum atomic E-state index is 10.4. The fourth-order valence-electron chi connectivity index (χ4n) is 2.61. The number of hydrogen-bond acceptors (Lipinski definition) is 3. The molecule has 3 nitrogen and oxygen atoms in total. The largest absolute Gasteiger partial charge is 0.506 e. The topological polar surface area (TPSA) is 35.5 Å². The lowest BCUT2D eigenvalue weighted by molar-refractivity contribution is 0.169. The molecule has 1 aliphatic heterocycles. The maximum absolute atomic E-state index is 10.4. The van der Waals surface area contributed by atoms with Crippen molar-refractivity contribution >= 4 is 27.5 Å². The lowest BCUT2D eigenvalue weighted by Gasteiger charge is -2.36. The third-order valence-electron chi connectivity index (χ3n) is 3.58. The van der Waals surface area contributed by atoms with E-state index in [0.29, 0.717) is 5.02 Å². The summed E-state index contributed by atoms with van der Waals surface area (Å²) in [5.41, 5.74) is 1.96. The van der Waals surface area contributed by atoms with Crippen molar-refractivity contribution in [1.29, 1.82) is 0 Å². The molecule has 5 heteroatoms. The average Bonchev–Trinajstić information content (AvgIpc) is 2.43. The number of nitrogens with zero attached hydrogens (tertiary/aromatic N) is 1. The van der Waals surface area contributed by atoms with Crippen molar-refractivity contribution in [3.05, 3.63) is 39.3 Å². The molecule has 0 aliphatic carbocycles. The summed E-state index contributed by atoms with van der Waals surface area (Å²) >= 11 is 9.63. The molecular formula is C15H20BrClN2O. The molecule has 0 aromatic heterocycles. The zero-order valence-corrected chi connectivity index (χ0v) is 14.0. The zero-order valence-electron chi connectivity index (χ0n) is 11.6. The Morgan fingerprint density at radius 3 is 2.75 bits per heavy atom. The number of hydrogen-bond donors (Lipinski definition) is 2. The van der Waals surface area contributed by atoms with Crippen molar-refractivity contribution in [2.45, 2.75) is 19.4 Å². The highest BCUT2D eigenvalue weighted by atomic mass is 79.9. The van der Waals surface area contributed by atoms with E-state index in [9.17, 15) is 5.11 Å². The minimum absolute atomic E-state index is 0.0997. The van der Waals surface area contributed by atoms with Gasteiger partial charge in [0.2, 0.25) is 0 Å². The van der Waals surface area contributed by atoms with Crippen molar-refractivity contribution in [1.82, 2.24) is 10.2 Å². The molecule has 0 amide bonds. The van der Waals surface area contributed by atoms with Gasteiger partial charge in [-0.25, -0.2) is 0 Å². The summed E-state index contributed by atoms with van der Waals surface area (Å²) in [7, 11) is 0. The molecule has 110 valence electrons. The van der Waals surface area contributed by atoms with Crippen LogP contribution in [-0.2, 0) is 0 Å². The van der Waals surface area contributed by atoms with Gasteiger partial charge in [-0.15, -0.1) is 6.58 Å². The number of nitrogens with one attached hydrogen (secondary N) is 1. The van der Waals surface area contributed by atoms with Crippen molar-refractivity contribution in [3.8, 4) is 5.75 Å². The molecule has 1 aromatic carbocycles. The van der Waals surface area contributed by atoms with Crippen molar-refractivity contribution in [2.75, 3.05) is 26.2 Å². The van der Waals surface area contributed by atoms with E-state index in [1.165, 1.54) is 0 Å². The quantitative estimate of drug-likeness (QED) is 0.804. The molecule has 0 saturated carbocycles. The van der Waals surface area contributed by atoms with Crippen LogP contribution in [0.25, 0.3) is 0 Å². The Labute approximate surface area is 133 Å². The van der Waals surface area contributed by atoms with E-state index in [1.807, 2.05) is 13.0 Å². The second-order valence-corrected chi connectivity index (χ2v) is 6.52.